The van der Waals surface area contributed by atoms with Gasteiger partial charge in [-0.3, -0.25) is 0 Å². The lowest BCUT2D eigenvalue weighted by molar-refractivity contribution is 0.0543. The van der Waals surface area contributed by atoms with Crippen molar-refractivity contribution in [2.75, 3.05) is 0 Å². The highest BCUT2D eigenvalue weighted by Crippen LogP contribution is 2.18. The smallest absolute Gasteiger partial charge is 0.420 e. The van der Waals surface area contributed by atoms with Crippen LogP contribution in [0, 0.1) is 0 Å². The molecule has 0 aliphatic heterocycles. The first-order chi connectivity index (χ1) is 8.40. The molecule has 96 valence electrons. The fraction of sp³-hybridized carbons (Fsp3) is 0.385. The van der Waals surface area contributed by atoms with Crippen molar-refractivity contribution in [3.05, 3.63) is 30.1 Å². The average Bonchev–Trinajstić information content (AvgIpc) is 2.69. The molecular weight excluding hydrogens is 296 g/mol. The van der Waals surface area contributed by atoms with Crippen LogP contribution in [0.3, 0.4) is 0 Å². The van der Waals surface area contributed by atoms with Crippen molar-refractivity contribution >= 4 is 33.1 Å². The highest BCUT2D eigenvalue weighted by Gasteiger charge is 2.19. The van der Waals surface area contributed by atoms with E-state index in [1.54, 1.807) is 0 Å². The maximum absolute atomic E-state index is 12.0. The zero-order chi connectivity index (χ0) is 13.3. The number of rotatable bonds is 1. The minimum Gasteiger partial charge on any atom is -0.443 e. The summed E-state index contributed by atoms with van der Waals surface area (Å²) in [6.45, 7) is 5.52. The number of carbonyl (C=O) groups excluding carboxylic acids is 1. The number of fused-ring (bicyclic) bond motifs is 1. The number of ether oxygens (including phenoxy) is 1. The van der Waals surface area contributed by atoms with Crippen molar-refractivity contribution in [1.82, 2.24) is 9.55 Å². The predicted molar refractivity (Wildman–Crippen MR) is 74.0 cm³/mol. The number of halogens is 1. The van der Waals surface area contributed by atoms with Crippen molar-refractivity contribution in [3.8, 4) is 0 Å². The number of carbonyl (C=O) groups is 1. The molecule has 0 bridgehead atoms. The minimum atomic E-state index is -0.513. The Kier molecular flexibility index (Phi) is 3.43. The molecule has 0 aliphatic rings. The second-order valence-corrected chi connectivity index (χ2v) is 5.61. The zero-order valence-corrected chi connectivity index (χ0v) is 12.2. The summed E-state index contributed by atoms with van der Waals surface area (Å²) in [5.41, 5.74) is 2.13. The molecule has 2 aromatic rings. The van der Waals surface area contributed by atoms with Crippen LogP contribution in [-0.2, 0) is 10.1 Å². The van der Waals surface area contributed by atoms with Crippen molar-refractivity contribution in [3.63, 3.8) is 0 Å². The SMILES string of the molecule is CC(C)(C)OC(=O)n1cnc2ccc(CBr)cc21. The summed E-state index contributed by atoms with van der Waals surface area (Å²) in [6.07, 6.45) is 1.09. The molecule has 2 rings (SSSR count). The van der Waals surface area contributed by atoms with Crippen molar-refractivity contribution in [2.45, 2.75) is 31.7 Å². The Bertz CT molecular complexity index is 584. The normalized spacial score (nSPS) is 11.8. The van der Waals surface area contributed by atoms with Gasteiger partial charge in [0.2, 0.25) is 0 Å². The number of aromatic nitrogens is 2. The highest BCUT2D eigenvalue weighted by molar-refractivity contribution is 9.08. The lowest BCUT2D eigenvalue weighted by Gasteiger charge is -2.19. The molecule has 1 heterocycles. The standard InChI is InChI=1S/C13H15BrN2O2/c1-13(2,3)18-12(17)16-8-15-10-5-4-9(7-14)6-11(10)16/h4-6,8H,7H2,1-3H3. The van der Waals surface area contributed by atoms with E-state index in [0.717, 1.165) is 21.9 Å². The first-order valence-electron chi connectivity index (χ1n) is 5.66. The molecule has 0 amide bonds. The molecule has 0 unspecified atom stereocenters. The fourth-order valence-corrected chi connectivity index (χ4v) is 1.94. The van der Waals surface area contributed by atoms with Gasteiger partial charge in [-0.15, -0.1) is 0 Å². The number of hydrogen-bond donors (Lipinski definition) is 0. The summed E-state index contributed by atoms with van der Waals surface area (Å²) >= 11 is 3.40. The van der Waals surface area contributed by atoms with E-state index in [1.165, 1.54) is 10.9 Å². The van der Waals surface area contributed by atoms with Crippen molar-refractivity contribution in [2.24, 2.45) is 0 Å². The molecule has 1 aromatic heterocycles. The molecule has 5 heteroatoms. The maximum atomic E-state index is 12.0. The molecule has 4 nitrogen and oxygen atoms in total. The lowest BCUT2D eigenvalue weighted by atomic mass is 10.2. The number of benzene rings is 1. The zero-order valence-electron chi connectivity index (χ0n) is 10.6. The minimum absolute atomic E-state index is 0.406. The number of imidazole rings is 1. The van der Waals surface area contributed by atoms with Gasteiger partial charge < -0.3 is 4.74 Å². The van der Waals surface area contributed by atoms with E-state index in [9.17, 15) is 4.79 Å². The lowest BCUT2D eigenvalue weighted by Crippen LogP contribution is -2.26. The van der Waals surface area contributed by atoms with Crippen LogP contribution in [0.2, 0.25) is 0 Å². The number of nitrogens with zero attached hydrogens (tertiary/aromatic N) is 2. The molecule has 0 atom stereocenters. The van der Waals surface area contributed by atoms with Crippen LogP contribution >= 0.6 is 15.9 Å². The summed E-state index contributed by atoms with van der Waals surface area (Å²) in [5, 5.41) is 0.739. The van der Waals surface area contributed by atoms with E-state index < -0.39 is 11.7 Å². The van der Waals surface area contributed by atoms with Gasteiger partial charge in [0.05, 0.1) is 11.0 Å². The van der Waals surface area contributed by atoms with Crippen LogP contribution in [0.1, 0.15) is 26.3 Å². The van der Waals surface area contributed by atoms with Gasteiger partial charge in [-0.2, -0.15) is 0 Å². The van der Waals surface area contributed by atoms with Crippen LogP contribution in [0.25, 0.3) is 11.0 Å². The topological polar surface area (TPSA) is 44.1 Å². The molecule has 0 saturated carbocycles. The third-order valence-electron chi connectivity index (χ3n) is 2.36. The molecular formula is C13H15BrN2O2. The van der Waals surface area contributed by atoms with E-state index in [0.29, 0.717) is 0 Å². The Morgan fingerprint density at radius 1 is 1.44 bits per heavy atom. The van der Waals surface area contributed by atoms with Gasteiger partial charge in [-0.25, -0.2) is 14.3 Å². The second-order valence-electron chi connectivity index (χ2n) is 5.05. The summed E-state index contributed by atoms with van der Waals surface area (Å²) in [5.74, 6) is 0. The molecule has 0 spiro atoms. The van der Waals surface area contributed by atoms with E-state index in [2.05, 4.69) is 20.9 Å². The Balaban J connectivity index is 2.42. The summed E-state index contributed by atoms with van der Waals surface area (Å²) in [7, 11) is 0. The second kappa shape index (κ2) is 4.72. The Morgan fingerprint density at radius 3 is 2.78 bits per heavy atom. The fourth-order valence-electron chi connectivity index (χ4n) is 1.59. The van der Waals surface area contributed by atoms with E-state index in [1.807, 2.05) is 39.0 Å². The molecule has 0 aliphatic carbocycles. The van der Waals surface area contributed by atoms with E-state index in [4.69, 9.17) is 4.74 Å². The molecule has 18 heavy (non-hydrogen) atoms. The van der Waals surface area contributed by atoms with Gasteiger partial charge in [-0.1, -0.05) is 22.0 Å². The Hall–Kier alpha value is -1.36. The van der Waals surface area contributed by atoms with Crippen molar-refractivity contribution < 1.29 is 9.53 Å². The highest BCUT2D eigenvalue weighted by atomic mass is 79.9. The molecule has 0 saturated heterocycles. The molecule has 0 N–H and O–H groups in total. The number of alkyl halides is 1. The maximum Gasteiger partial charge on any atom is 0.420 e. The van der Waals surface area contributed by atoms with E-state index in [-0.39, 0.29) is 0 Å². The average molecular weight is 311 g/mol. The monoisotopic (exact) mass is 310 g/mol. The Labute approximate surface area is 114 Å². The van der Waals surface area contributed by atoms with Gasteiger partial charge in [0.25, 0.3) is 0 Å². The Morgan fingerprint density at radius 2 is 2.17 bits per heavy atom. The van der Waals surface area contributed by atoms with Gasteiger partial charge in [0.15, 0.2) is 0 Å². The number of hydrogen-bond acceptors (Lipinski definition) is 3. The van der Waals surface area contributed by atoms with Gasteiger partial charge in [-0.05, 0) is 38.5 Å². The first kappa shape index (κ1) is 13.1. The van der Waals surface area contributed by atoms with Crippen LogP contribution in [0.5, 0.6) is 0 Å². The predicted octanol–water partition coefficient (Wildman–Crippen LogP) is 3.71. The van der Waals surface area contributed by atoms with Gasteiger partial charge in [0, 0.05) is 5.33 Å². The molecule has 1 aromatic carbocycles. The quantitative estimate of drug-likeness (QED) is 0.754. The first-order valence-corrected chi connectivity index (χ1v) is 6.78. The van der Waals surface area contributed by atoms with Crippen LogP contribution in [-0.4, -0.2) is 21.2 Å². The molecule has 0 radical (unpaired) electrons. The summed E-state index contributed by atoms with van der Waals surface area (Å²) < 4.78 is 6.77. The third kappa shape index (κ3) is 2.72. The largest absolute Gasteiger partial charge is 0.443 e. The van der Waals surface area contributed by atoms with Crippen LogP contribution < -0.4 is 0 Å². The summed E-state index contributed by atoms with van der Waals surface area (Å²) in [6, 6.07) is 5.80. The van der Waals surface area contributed by atoms with Crippen LogP contribution in [0.15, 0.2) is 24.5 Å². The van der Waals surface area contributed by atoms with E-state index >= 15 is 0 Å². The van der Waals surface area contributed by atoms with Gasteiger partial charge in [0.1, 0.15) is 11.9 Å². The van der Waals surface area contributed by atoms with Crippen LogP contribution in [0.4, 0.5) is 4.79 Å². The van der Waals surface area contributed by atoms with Gasteiger partial charge >= 0.3 is 6.09 Å². The molecule has 0 fully saturated rings. The van der Waals surface area contributed by atoms with Crippen molar-refractivity contribution in [1.29, 1.82) is 0 Å². The summed E-state index contributed by atoms with van der Waals surface area (Å²) in [4.78, 5) is 16.2. The third-order valence-corrected chi connectivity index (χ3v) is 3.00.